The molecule has 1 aromatic carbocycles. The van der Waals surface area contributed by atoms with Gasteiger partial charge in [0.1, 0.15) is 0 Å². The van der Waals surface area contributed by atoms with Gasteiger partial charge in [-0.05, 0) is 36.3 Å². The Kier molecular flexibility index (Phi) is 4.03. The summed E-state index contributed by atoms with van der Waals surface area (Å²) in [5.74, 6) is 0. The van der Waals surface area contributed by atoms with E-state index in [1.54, 1.807) is 0 Å². The minimum atomic E-state index is 0.225. The molecule has 0 N–H and O–H groups in total. The van der Waals surface area contributed by atoms with Crippen LogP contribution in [0.2, 0.25) is 0 Å². The Bertz CT molecular complexity index is 518. The number of benzene rings is 1. The summed E-state index contributed by atoms with van der Waals surface area (Å²) in [5, 5.41) is 8.23. The van der Waals surface area contributed by atoms with Crippen molar-refractivity contribution in [3.05, 3.63) is 47.3 Å². The van der Waals surface area contributed by atoms with E-state index in [1.807, 2.05) is 10.9 Å². The van der Waals surface area contributed by atoms with Gasteiger partial charge in [0.25, 0.3) is 0 Å². The van der Waals surface area contributed by atoms with Gasteiger partial charge in [-0.15, -0.1) is 5.10 Å². The van der Waals surface area contributed by atoms with Gasteiger partial charge in [0.15, 0.2) is 0 Å². The van der Waals surface area contributed by atoms with Crippen LogP contribution in [0, 0.1) is 0 Å². The summed E-state index contributed by atoms with van der Waals surface area (Å²) >= 11 is 0. The molecule has 0 aliphatic carbocycles. The van der Waals surface area contributed by atoms with Crippen LogP contribution in [0.25, 0.3) is 0 Å². The number of hydrogen-bond donors (Lipinski definition) is 0. The van der Waals surface area contributed by atoms with Gasteiger partial charge < -0.3 is 0 Å². The molecule has 0 saturated heterocycles. The van der Waals surface area contributed by atoms with Crippen LogP contribution in [0.1, 0.15) is 44.5 Å². The Morgan fingerprint density at radius 1 is 1.05 bits per heavy atom. The van der Waals surface area contributed by atoms with Crippen molar-refractivity contribution in [2.45, 2.75) is 52.5 Å². The highest BCUT2D eigenvalue weighted by Gasteiger charge is 2.12. The van der Waals surface area contributed by atoms with Gasteiger partial charge in [0.2, 0.25) is 0 Å². The molecule has 0 aliphatic rings. The molecule has 2 rings (SSSR count). The highest BCUT2D eigenvalue weighted by atomic mass is 15.4. The predicted octanol–water partition coefficient (Wildman–Crippen LogP) is 3.38. The molecule has 0 spiro atoms. The fourth-order valence-electron chi connectivity index (χ4n) is 2.05. The van der Waals surface area contributed by atoms with Gasteiger partial charge in [-0.1, -0.05) is 50.3 Å². The topological polar surface area (TPSA) is 30.7 Å². The first-order valence-electron chi connectivity index (χ1n) is 6.97. The van der Waals surface area contributed by atoms with Crippen LogP contribution in [-0.4, -0.2) is 15.0 Å². The zero-order valence-electron chi connectivity index (χ0n) is 12.3. The van der Waals surface area contributed by atoms with Gasteiger partial charge in [-0.3, -0.25) is 4.68 Å². The van der Waals surface area contributed by atoms with Crippen molar-refractivity contribution in [1.82, 2.24) is 15.0 Å². The Morgan fingerprint density at radius 3 is 2.26 bits per heavy atom. The average Bonchev–Trinajstić information content (AvgIpc) is 2.84. The van der Waals surface area contributed by atoms with E-state index in [1.165, 1.54) is 11.1 Å². The van der Waals surface area contributed by atoms with E-state index in [0.717, 1.165) is 25.1 Å². The number of aromatic nitrogens is 3. The van der Waals surface area contributed by atoms with Gasteiger partial charge in [0, 0.05) is 12.7 Å². The van der Waals surface area contributed by atoms with Crippen molar-refractivity contribution in [2.24, 2.45) is 0 Å². The molecule has 1 heterocycles. The fourth-order valence-corrected chi connectivity index (χ4v) is 2.05. The molecule has 0 saturated carbocycles. The standard InChI is InChI=1S/C16H23N3/c1-5-19-12-15(17-18-19)11-8-13-6-9-14(10-7-13)16(2,3)4/h6-7,9-10,12H,5,8,11H2,1-4H3. The predicted molar refractivity (Wildman–Crippen MR) is 78.2 cm³/mol. The summed E-state index contributed by atoms with van der Waals surface area (Å²) in [6.45, 7) is 9.68. The van der Waals surface area contributed by atoms with Gasteiger partial charge in [-0.25, -0.2) is 0 Å². The lowest BCUT2D eigenvalue weighted by Crippen LogP contribution is -2.10. The molecule has 0 unspecified atom stereocenters. The maximum atomic E-state index is 4.17. The zero-order chi connectivity index (χ0) is 13.9. The summed E-state index contributed by atoms with van der Waals surface area (Å²) in [6.07, 6.45) is 4.01. The Morgan fingerprint density at radius 2 is 1.74 bits per heavy atom. The second kappa shape index (κ2) is 5.55. The molecular formula is C16H23N3. The first-order chi connectivity index (χ1) is 8.99. The van der Waals surface area contributed by atoms with Crippen molar-refractivity contribution in [3.63, 3.8) is 0 Å². The van der Waals surface area contributed by atoms with E-state index in [-0.39, 0.29) is 5.41 Å². The fraction of sp³-hybridized carbons (Fsp3) is 0.500. The average molecular weight is 257 g/mol. The smallest absolute Gasteiger partial charge is 0.0830 e. The van der Waals surface area contributed by atoms with Crippen LogP contribution in [0.3, 0.4) is 0 Å². The first kappa shape index (κ1) is 13.8. The molecule has 0 atom stereocenters. The normalized spacial score (nSPS) is 11.8. The zero-order valence-corrected chi connectivity index (χ0v) is 12.3. The minimum absolute atomic E-state index is 0.225. The number of rotatable bonds is 4. The number of nitrogens with zero attached hydrogens (tertiary/aromatic N) is 3. The molecule has 3 heteroatoms. The van der Waals surface area contributed by atoms with Gasteiger partial charge >= 0.3 is 0 Å². The summed E-state index contributed by atoms with van der Waals surface area (Å²) in [6, 6.07) is 8.92. The minimum Gasteiger partial charge on any atom is -0.253 e. The van der Waals surface area contributed by atoms with Crippen LogP contribution in [0.5, 0.6) is 0 Å². The molecular weight excluding hydrogens is 234 g/mol. The van der Waals surface area contributed by atoms with E-state index in [0.29, 0.717) is 0 Å². The van der Waals surface area contributed by atoms with Crippen LogP contribution in [0.4, 0.5) is 0 Å². The second-order valence-corrected chi connectivity index (χ2v) is 6.01. The summed E-state index contributed by atoms with van der Waals surface area (Å²) in [7, 11) is 0. The number of aryl methyl sites for hydroxylation is 3. The van der Waals surface area contributed by atoms with E-state index in [2.05, 4.69) is 62.3 Å². The van der Waals surface area contributed by atoms with E-state index >= 15 is 0 Å². The third kappa shape index (κ3) is 3.66. The van der Waals surface area contributed by atoms with Gasteiger partial charge in [0.05, 0.1) is 5.69 Å². The Hall–Kier alpha value is -1.64. The lowest BCUT2D eigenvalue weighted by Gasteiger charge is -2.19. The molecule has 2 aromatic rings. The Balaban J connectivity index is 1.96. The molecule has 1 aromatic heterocycles. The van der Waals surface area contributed by atoms with Crippen molar-refractivity contribution in [1.29, 1.82) is 0 Å². The third-order valence-corrected chi connectivity index (χ3v) is 3.40. The summed E-state index contributed by atoms with van der Waals surface area (Å²) in [5.41, 5.74) is 4.04. The maximum Gasteiger partial charge on any atom is 0.0830 e. The molecule has 102 valence electrons. The summed E-state index contributed by atoms with van der Waals surface area (Å²) < 4.78 is 1.87. The van der Waals surface area contributed by atoms with Crippen molar-refractivity contribution in [3.8, 4) is 0 Å². The summed E-state index contributed by atoms with van der Waals surface area (Å²) in [4.78, 5) is 0. The largest absolute Gasteiger partial charge is 0.253 e. The van der Waals surface area contributed by atoms with E-state index < -0.39 is 0 Å². The monoisotopic (exact) mass is 257 g/mol. The Labute approximate surface area is 115 Å². The third-order valence-electron chi connectivity index (χ3n) is 3.40. The highest BCUT2D eigenvalue weighted by Crippen LogP contribution is 2.22. The van der Waals surface area contributed by atoms with Crippen LogP contribution < -0.4 is 0 Å². The maximum absolute atomic E-state index is 4.17. The quantitative estimate of drug-likeness (QED) is 0.840. The molecule has 3 nitrogen and oxygen atoms in total. The molecule has 0 amide bonds. The van der Waals surface area contributed by atoms with Crippen LogP contribution >= 0.6 is 0 Å². The van der Waals surface area contributed by atoms with Crippen LogP contribution in [-0.2, 0) is 24.8 Å². The van der Waals surface area contributed by atoms with E-state index in [9.17, 15) is 0 Å². The molecule has 0 radical (unpaired) electrons. The van der Waals surface area contributed by atoms with Crippen molar-refractivity contribution in [2.75, 3.05) is 0 Å². The lowest BCUT2D eigenvalue weighted by molar-refractivity contribution is 0.590. The highest BCUT2D eigenvalue weighted by molar-refractivity contribution is 5.27. The molecule has 0 bridgehead atoms. The molecule has 19 heavy (non-hydrogen) atoms. The SMILES string of the molecule is CCn1cc(CCc2ccc(C(C)(C)C)cc2)nn1. The molecule has 0 fully saturated rings. The second-order valence-electron chi connectivity index (χ2n) is 6.01. The van der Waals surface area contributed by atoms with E-state index in [4.69, 9.17) is 0 Å². The van der Waals surface area contributed by atoms with Gasteiger partial charge in [-0.2, -0.15) is 0 Å². The molecule has 0 aliphatic heterocycles. The van der Waals surface area contributed by atoms with Crippen molar-refractivity contribution >= 4 is 0 Å². The number of hydrogen-bond acceptors (Lipinski definition) is 2. The first-order valence-corrected chi connectivity index (χ1v) is 6.97. The van der Waals surface area contributed by atoms with Crippen LogP contribution in [0.15, 0.2) is 30.5 Å². The lowest BCUT2D eigenvalue weighted by atomic mass is 9.86. The van der Waals surface area contributed by atoms with Crippen molar-refractivity contribution < 1.29 is 0 Å².